The van der Waals surface area contributed by atoms with E-state index in [1.807, 2.05) is 6.07 Å². The Morgan fingerprint density at radius 2 is 2.57 bits per heavy atom. The average Bonchev–Trinajstić information content (AvgIpc) is 2.14. The Labute approximate surface area is 46.8 Å². The predicted molar refractivity (Wildman–Crippen MR) is 30.6 cm³/mol. The molecular weight excluding hydrogens is 110 g/mol. The van der Waals surface area contributed by atoms with Crippen molar-refractivity contribution in [3.8, 4) is 0 Å². The Hall–Kier alpha value is -0.640. The molecule has 0 fully saturated rings. The van der Waals surface area contributed by atoms with E-state index in [1.165, 1.54) is 4.79 Å². The van der Waals surface area contributed by atoms with Gasteiger partial charge >= 0.3 is 0 Å². The fraction of sp³-hybridized carbons (Fsp3) is 0. The van der Waals surface area contributed by atoms with Gasteiger partial charge in [0.25, 0.3) is 0 Å². The third-order valence-corrected chi connectivity index (χ3v) is 0.812. The lowest BCUT2D eigenvalue weighted by Gasteiger charge is -1.91. The zero-order valence-electron chi connectivity index (χ0n) is 3.57. The maximum atomic E-state index is 3.76. The summed E-state index contributed by atoms with van der Waals surface area (Å²) in [5, 5.41) is 3.76. The third-order valence-electron chi connectivity index (χ3n) is 0.607. The highest BCUT2D eigenvalue weighted by Crippen LogP contribution is 1.77. The van der Waals surface area contributed by atoms with Gasteiger partial charge in [-0.05, 0) is 6.07 Å². The summed E-state index contributed by atoms with van der Waals surface area (Å²) < 4.78 is 0. The maximum Gasteiger partial charge on any atom is 0.0511 e. The molecule has 1 N–H and O–H groups in total. The summed E-state index contributed by atoms with van der Waals surface area (Å²) in [6.07, 6.45) is 3.43. The number of nitrogens with zero attached hydrogens (tertiary/aromatic N) is 2. The Bertz CT molecular complexity index is 125. The van der Waals surface area contributed by atoms with E-state index in [1.54, 1.807) is 12.4 Å². The highest BCUT2D eigenvalue weighted by atomic mass is 32.1. The summed E-state index contributed by atoms with van der Waals surface area (Å²) in [6.45, 7) is 0. The van der Waals surface area contributed by atoms with Crippen molar-refractivity contribution in [2.24, 2.45) is 0 Å². The van der Waals surface area contributed by atoms with Crippen molar-refractivity contribution in [1.82, 2.24) is 9.89 Å². The van der Waals surface area contributed by atoms with Gasteiger partial charge in [-0.25, -0.2) is 0 Å². The quantitative estimate of drug-likeness (QED) is 0.514. The summed E-state index contributed by atoms with van der Waals surface area (Å²) >= 11 is 3.73. The Kier molecular flexibility index (Phi) is 1.21. The average molecular weight is 115 g/mol. The Balaban J connectivity index is 2.76. The largest absolute Gasteiger partial charge is 0.255 e. The number of hydrogen-bond donors (Lipinski definition) is 2. The molecule has 0 atom stereocenters. The van der Waals surface area contributed by atoms with E-state index in [2.05, 4.69) is 22.7 Å². The fourth-order valence-corrected chi connectivity index (χ4v) is 0.446. The van der Waals surface area contributed by atoms with Crippen molar-refractivity contribution >= 4 is 12.8 Å². The molecule has 3 nitrogen and oxygen atoms in total. The van der Waals surface area contributed by atoms with Crippen LogP contribution in [0.3, 0.4) is 0 Å². The predicted octanol–water partition coefficient (Wildman–Crippen LogP) is 0.271. The second kappa shape index (κ2) is 1.88. The molecular formula is C3H5N3S. The molecule has 0 aliphatic carbocycles. The van der Waals surface area contributed by atoms with Gasteiger partial charge in [0.1, 0.15) is 0 Å². The summed E-state index contributed by atoms with van der Waals surface area (Å²) in [4.78, 5) is 4.00. The minimum absolute atomic E-state index is 1.49. The summed E-state index contributed by atoms with van der Waals surface area (Å²) in [6, 6.07) is 1.81. The monoisotopic (exact) mass is 115 g/mol. The number of nitrogens with one attached hydrogen (secondary N) is 1. The molecule has 1 aromatic heterocycles. The molecule has 1 heterocycles. The van der Waals surface area contributed by atoms with Crippen LogP contribution in [0.4, 0.5) is 0 Å². The summed E-state index contributed by atoms with van der Waals surface area (Å²) in [5.74, 6) is 0. The highest BCUT2D eigenvalue weighted by molar-refractivity contribution is 7.81. The van der Waals surface area contributed by atoms with Crippen molar-refractivity contribution in [1.29, 1.82) is 0 Å². The topological polar surface area (TPSA) is 29.9 Å². The van der Waals surface area contributed by atoms with Gasteiger partial charge in [-0.3, -0.25) is 4.83 Å². The van der Waals surface area contributed by atoms with Crippen LogP contribution in [0.15, 0.2) is 18.5 Å². The Morgan fingerprint density at radius 3 is 2.86 bits per heavy atom. The third kappa shape index (κ3) is 0.866. The number of rotatable bonds is 1. The first-order chi connectivity index (χ1) is 3.43. The van der Waals surface area contributed by atoms with Crippen LogP contribution in [0.5, 0.6) is 0 Å². The van der Waals surface area contributed by atoms with E-state index in [0.29, 0.717) is 0 Å². The van der Waals surface area contributed by atoms with Gasteiger partial charge in [0.05, 0.1) is 6.20 Å². The van der Waals surface area contributed by atoms with Crippen molar-refractivity contribution in [2.75, 3.05) is 4.83 Å². The molecule has 0 bridgehead atoms. The van der Waals surface area contributed by atoms with Gasteiger partial charge in [0, 0.05) is 6.20 Å². The van der Waals surface area contributed by atoms with Gasteiger partial charge in [-0.2, -0.15) is 9.89 Å². The van der Waals surface area contributed by atoms with Crippen LogP contribution in [-0.2, 0) is 0 Å². The minimum atomic E-state index is 1.49. The van der Waals surface area contributed by atoms with Gasteiger partial charge in [-0.1, -0.05) is 12.8 Å². The zero-order valence-corrected chi connectivity index (χ0v) is 4.47. The van der Waals surface area contributed by atoms with Crippen LogP contribution in [0.25, 0.3) is 0 Å². The molecule has 1 rings (SSSR count). The SMILES string of the molecule is SNn1cccn1. The van der Waals surface area contributed by atoms with Gasteiger partial charge in [-0.15, -0.1) is 0 Å². The molecule has 0 unspecified atom stereocenters. The van der Waals surface area contributed by atoms with Crippen LogP contribution in [0.2, 0.25) is 0 Å². The van der Waals surface area contributed by atoms with Crippen LogP contribution in [0.1, 0.15) is 0 Å². The molecule has 0 saturated carbocycles. The van der Waals surface area contributed by atoms with Gasteiger partial charge < -0.3 is 0 Å². The molecule has 0 radical (unpaired) electrons. The highest BCUT2D eigenvalue weighted by Gasteiger charge is 1.75. The molecule has 0 aromatic carbocycles. The van der Waals surface area contributed by atoms with Gasteiger partial charge in [0.15, 0.2) is 0 Å². The lowest BCUT2D eigenvalue weighted by Crippen LogP contribution is -2.01. The van der Waals surface area contributed by atoms with E-state index in [-0.39, 0.29) is 0 Å². The van der Waals surface area contributed by atoms with E-state index >= 15 is 0 Å². The summed E-state index contributed by atoms with van der Waals surface area (Å²) in [7, 11) is 0. The first kappa shape index (κ1) is 4.52. The molecule has 0 saturated heterocycles. The lowest BCUT2D eigenvalue weighted by molar-refractivity contribution is 0.835. The second-order valence-corrected chi connectivity index (χ2v) is 1.25. The van der Waals surface area contributed by atoms with Crippen molar-refractivity contribution in [3.05, 3.63) is 18.5 Å². The molecule has 0 amide bonds. The normalized spacial score (nSPS) is 8.71. The minimum Gasteiger partial charge on any atom is -0.255 e. The van der Waals surface area contributed by atoms with E-state index in [4.69, 9.17) is 0 Å². The van der Waals surface area contributed by atoms with Crippen molar-refractivity contribution < 1.29 is 0 Å². The lowest BCUT2D eigenvalue weighted by atomic mass is 10.8. The van der Waals surface area contributed by atoms with Crippen LogP contribution >= 0.6 is 12.8 Å². The molecule has 7 heavy (non-hydrogen) atoms. The van der Waals surface area contributed by atoms with E-state index < -0.39 is 0 Å². The molecule has 0 aliphatic heterocycles. The molecule has 38 valence electrons. The smallest absolute Gasteiger partial charge is 0.0511 e. The number of hydrogen-bond acceptors (Lipinski definition) is 3. The molecule has 4 heteroatoms. The summed E-state index contributed by atoms with van der Waals surface area (Å²) in [5.41, 5.74) is 0. The van der Waals surface area contributed by atoms with Crippen LogP contribution in [0, 0.1) is 0 Å². The number of thiol groups is 1. The second-order valence-electron chi connectivity index (χ2n) is 1.05. The first-order valence-electron chi connectivity index (χ1n) is 1.83. The Morgan fingerprint density at radius 1 is 1.71 bits per heavy atom. The fourth-order valence-electron chi connectivity index (χ4n) is 0.328. The molecule has 0 aliphatic rings. The van der Waals surface area contributed by atoms with Gasteiger partial charge in [0.2, 0.25) is 0 Å². The van der Waals surface area contributed by atoms with Crippen LogP contribution < -0.4 is 4.83 Å². The molecule has 1 aromatic rings. The first-order valence-corrected chi connectivity index (χ1v) is 2.28. The number of aromatic nitrogens is 2. The van der Waals surface area contributed by atoms with E-state index in [9.17, 15) is 0 Å². The molecule has 0 spiro atoms. The maximum absolute atomic E-state index is 3.76. The standard InChI is InChI=1S/C3H5N3S/c7-5-6-3-1-2-4-6/h1-3,5,7H. The van der Waals surface area contributed by atoms with Crippen LogP contribution in [-0.4, -0.2) is 9.89 Å². The van der Waals surface area contributed by atoms with E-state index in [0.717, 1.165) is 0 Å². The zero-order chi connectivity index (χ0) is 5.11. The van der Waals surface area contributed by atoms with Crippen molar-refractivity contribution in [2.45, 2.75) is 0 Å². The van der Waals surface area contributed by atoms with Crippen molar-refractivity contribution in [3.63, 3.8) is 0 Å².